The van der Waals surface area contributed by atoms with Crippen molar-refractivity contribution in [2.75, 3.05) is 0 Å². The molecule has 4 rings (SSSR count). The molecule has 3 aromatic carbocycles. The Bertz CT molecular complexity index is 1180. The summed E-state index contributed by atoms with van der Waals surface area (Å²) in [5.41, 5.74) is 3.28. The number of pyridine rings is 1. The molecule has 0 spiro atoms. The van der Waals surface area contributed by atoms with Crippen molar-refractivity contribution < 1.29 is 30.0 Å². The Morgan fingerprint density at radius 1 is 1.00 bits per heavy atom. The van der Waals surface area contributed by atoms with Gasteiger partial charge in [0.2, 0.25) is 0 Å². The van der Waals surface area contributed by atoms with Crippen molar-refractivity contribution in [3.63, 3.8) is 0 Å². The van der Waals surface area contributed by atoms with Crippen LogP contribution in [0, 0.1) is 13.0 Å². The number of aromatic nitrogens is 1. The summed E-state index contributed by atoms with van der Waals surface area (Å²) >= 11 is 0. The Balaban J connectivity index is 0.000000327. The number of aliphatic hydroxyl groups is 1. The van der Waals surface area contributed by atoms with Gasteiger partial charge in [0, 0.05) is 26.3 Å². The van der Waals surface area contributed by atoms with E-state index in [1.807, 2.05) is 12.3 Å². The zero-order chi connectivity index (χ0) is 20.1. The molecule has 0 aliphatic carbocycles. The van der Waals surface area contributed by atoms with E-state index in [0.717, 1.165) is 11.3 Å². The molecule has 0 fully saturated rings. The first-order chi connectivity index (χ1) is 13.5. The van der Waals surface area contributed by atoms with Gasteiger partial charge in [-0.1, -0.05) is 43.3 Å². The van der Waals surface area contributed by atoms with E-state index in [1.165, 1.54) is 47.0 Å². The molecule has 0 saturated heterocycles. The largest absolute Gasteiger partial charge is 0.512 e. The van der Waals surface area contributed by atoms with Crippen LogP contribution in [0.25, 0.3) is 32.8 Å². The molecule has 0 aliphatic heterocycles. The fraction of sp³-hybridized carbons (Fsp3) is 0.120. The molecule has 0 atom stereocenters. The number of fused-ring (bicyclic) bond motifs is 3. The van der Waals surface area contributed by atoms with Crippen LogP contribution in [-0.4, -0.2) is 20.7 Å². The molecule has 0 bridgehead atoms. The van der Waals surface area contributed by atoms with E-state index in [0.29, 0.717) is 0 Å². The molecule has 3 nitrogen and oxygen atoms in total. The molecular weight excluding hydrogens is 538 g/mol. The monoisotopic (exact) mass is 562 g/mol. The fourth-order valence-electron chi connectivity index (χ4n) is 3.17. The maximum Gasteiger partial charge on any atom is 0.316 e. The second-order valence-electron chi connectivity index (χ2n) is 6.75. The molecule has 4 heteroatoms. The fourth-order valence-corrected chi connectivity index (χ4v) is 3.17. The summed E-state index contributed by atoms with van der Waals surface area (Å²) < 4.78 is 0. The summed E-state index contributed by atoms with van der Waals surface area (Å²) in [5.74, 6) is 0.250. The van der Waals surface area contributed by atoms with Crippen molar-refractivity contribution in [1.29, 1.82) is 0 Å². The van der Waals surface area contributed by atoms with E-state index >= 15 is 0 Å². The maximum atomic E-state index is 8.40. The van der Waals surface area contributed by atoms with Crippen LogP contribution in [0.15, 0.2) is 78.7 Å². The normalized spacial score (nSPS) is 10.8. The van der Waals surface area contributed by atoms with Gasteiger partial charge >= 0.3 is 5.78 Å². The Kier molecular flexibility index (Phi) is 7.83. The molecular formula is C25H23IrNO2. The number of hydrogen-bond acceptors (Lipinski definition) is 2. The molecule has 0 aliphatic rings. The van der Waals surface area contributed by atoms with Gasteiger partial charge in [-0.15, -0.1) is 35.4 Å². The number of rotatable bonds is 2. The van der Waals surface area contributed by atoms with Gasteiger partial charge in [-0.25, -0.2) is 0 Å². The van der Waals surface area contributed by atoms with Crippen molar-refractivity contribution in [2.24, 2.45) is 0 Å². The van der Waals surface area contributed by atoms with Crippen molar-refractivity contribution >= 4 is 27.3 Å². The van der Waals surface area contributed by atoms with E-state index in [2.05, 4.69) is 72.6 Å². The molecule has 1 aromatic heterocycles. The first-order valence-electron chi connectivity index (χ1n) is 9.10. The molecule has 0 saturated carbocycles. The minimum absolute atomic E-state index is 0. The Hall–Kier alpha value is -2.81. The molecule has 1 radical (unpaired) electrons. The van der Waals surface area contributed by atoms with Gasteiger partial charge in [0.05, 0.1) is 18.8 Å². The number of allylic oxidation sites excluding steroid dienone is 2. The van der Waals surface area contributed by atoms with Crippen LogP contribution in [0.4, 0.5) is 0 Å². The van der Waals surface area contributed by atoms with E-state index in [9.17, 15) is 0 Å². The van der Waals surface area contributed by atoms with Gasteiger partial charge in [-0.2, -0.15) is 0 Å². The first-order valence-corrected chi connectivity index (χ1v) is 9.10. The predicted molar refractivity (Wildman–Crippen MR) is 117 cm³/mol. The standard InChI is InChI=1S/C20H14N.C5H8O2.Ir/c1-14-5-4-7-16(13-14)20-19-10-9-15-6-2-3-8-17(15)18(19)11-12-21-20;1-4(6)3-5(2)7;/h2-6,8-13H,1H3;3,6H,1-2H3;/q-1;;/p+1. The Morgan fingerprint density at radius 3 is 2.41 bits per heavy atom. The number of ketones is 1. The van der Waals surface area contributed by atoms with Crippen LogP contribution in [0.2, 0.25) is 0 Å². The summed E-state index contributed by atoms with van der Waals surface area (Å²) in [4.78, 5) is 13.0. The second-order valence-corrected chi connectivity index (χ2v) is 6.75. The van der Waals surface area contributed by atoms with E-state index in [-0.39, 0.29) is 31.6 Å². The summed E-state index contributed by atoms with van der Waals surface area (Å²) in [5, 5.41) is 13.4. The molecule has 0 unspecified atom stereocenters. The van der Waals surface area contributed by atoms with E-state index in [1.54, 1.807) is 0 Å². The van der Waals surface area contributed by atoms with Gasteiger partial charge < -0.3 is 10.1 Å². The van der Waals surface area contributed by atoms with Crippen LogP contribution in [-0.2, 0) is 20.1 Å². The zero-order valence-corrected chi connectivity index (χ0v) is 19.0. The van der Waals surface area contributed by atoms with Crippen LogP contribution >= 0.6 is 0 Å². The minimum atomic E-state index is 0. The van der Waals surface area contributed by atoms with Gasteiger partial charge in [-0.3, -0.25) is 4.79 Å². The topological polar surface area (TPSA) is 54.5 Å². The average molecular weight is 562 g/mol. The predicted octanol–water partition coefficient (Wildman–Crippen LogP) is 6.17. The number of hydrogen-bond donors (Lipinski definition) is 1. The number of aryl methyl sites for hydroxylation is 1. The molecule has 4 aromatic rings. The van der Waals surface area contributed by atoms with Gasteiger partial charge in [-0.05, 0) is 40.2 Å². The summed E-state index contributed by atoms with van der Waals surface area (Å²) in [6.45, 7) is 5.09. The number of benzene rings is 3. The third kappa shape index (κ3) is 5.60. The number of nitrogens with zero attached hydrogens (tertiary/aromatic N) is 1. The van der Waals surface area contributed by atoms with Gasteiger partial charge in [0.15, 0.2) is 0 Å². The van der Waals surface area contributed by atoms with Crippen molar-refractivity contribution in [2.45, 2.75) is 20.8 Å². The third-order valence-corrected chi connectivity index (χ3v) is 4.30. The van der Waals surface area contributed by atoms with Crippen molar-refractivity contribution in [3.8, 4) is 11.3 Å². The molecule has 2 N–H and O–H groups in total. The van der Waals surface area contributed by atoms with E-state index in [4.69, 9.17) is 9.90 Å². The molecule has 29 heavy (non-hydrogen) atoms. The summed E-state index contributed by atoms with van der Waals surface area (Å²) in [7, 11) is 0. The molecule has 149 valence electrons. The van der Waals surface area contributed by atoms with Crippen molar-refractivity contribution in [3.05, 3.63) is 90.3 Å². The maximum absolute atomic E-state index is 8.40. The summed E-state index contributed by atoms with van der Waals surface area (Å²) in [6, 6.07) is 24.4. The quantitative estimate of drug-likeness (QED) is 0.105. The van der Waals surface area contributed by atoms with Crippen molar-refractivity contribution in [1.82, 2.24) is 4.98 Å². The van der Waals surface area contributed by atoms with E-state index < -0.39 is 0 Å². The minimum Gasteiger partial charge on any atom is -0.512 e. The van der Waals surface area contributed by atoms with Crippen LogP contribution in [0.1, 0.15) is 19.4 Å². The van der Waals surface area contributed by atoms with Gasteiger partial charge in [0.25, 0.3) is 0 Å². The smallest absolute Gasteiger partial charge is 0.316 e. The van der Waals surface area contributed by atoms with Crippen LogP contribution < -0.4 is 0 Å². The third-order valence-electron chi connectivity index (χ3n) is 4.30. The second kappa shape index (κ2) is 10.1. The Labute approximate surface area is 184 Å². The summed E-state index contributed by atoms with van der Waals surface area (Å²) in [6.07, 6.45) is 3.17. The molecule has 1 heterocycles. The number of carbonyl (C=O) groups excluding carboxylic acids is 1. The van der Waals surface area contributed by atoms with Gasteiger partial charge in [0.1, 0.15) is 0 Å². The SMILES string of the molecule is CC(=[OH+])C=C(C)O.Cc1cc[c-]c(-c2nccc3c2ccc2ccccc23)c1.[Ir]. The Morgan fingerprint density at radius 2 is 1.76 bits per heavy atom. The van der Waals surface area contributed by atoms with Crippen LogP contribution in [0.3, 0.4) is 0 Å². The number of aliphatic hydroxyl groups excluding tert-OH is 1. The first kappa shape index (κ1) is 22.5. The van der Waals surface area contributed by atoms with Crippen LogP contribution in [0.5, 0.6) is 0 Å². The molecule has 0 amide bonds. The average Bonchev–Trinajstić information content (AvgIpc) is 2.67. The zero-order valence-electron chi connectivity index (χ0n) is 16.6.